The van der Waals surface area contributed by atoms with Crippen molar-refractivity contribution in [2.24, 2.45) is 10.2 Å². The summed E-state index contributed by atoms with van der Waals surface area (Å²) < 4.78 is 0. The number of carboxylic acids is 2. The van der Waals surface area contributed by atoms with E-state index in [2.05, 4.69) is 10.2 Å². The predicted molar refractivity (Wildman–Crippen MR) is 66.6 cm³/mol. The van der Waals surface area contributed by atoms with Gasteiger partial charge < -0.3 is 10.2 Å². The van der Waals surface area contributed by atoms with Gasteiger partial charge in [-0.1, -0.05) is 0 Å². The molecule has 108 valence electrons. The third-order valence-corrected chi connectivity index (χ3v) is 2.52. The van der Waals surface area contributed by atoms with Gasteiger partial charge in [-0.25, -0.2) is 0 Å². The summed E-state index contributed by atoms with van der Waals surface area (Å²) in [6, 6.07) is 3.65. The number of nitriles is 2. The van der Waals surface area contributed by atoms with E-state index in [1.165, 1.54) is 13.8 Å². The average molecular weight is 280 g/mol. The van der Waals surface area contributed by atoms with Crippen LogP contribution in [0, 0.1) is 22.7 Å². The van der Waals surface area contributed by atoms with E-state index in [4.69, 9.17) is 20.7 Å². The molecule has 8 heteroatoms. The quantitative estimate of drug-likeness (QED) is 0.647. The lowest BCUT2D eigenvalue weighted by Gasteiger charge is -2.23. The summed E-state index contributed by atoms with van der Waals surface area (Å²) in [4.78, 5) is 21.5. The summed E-state index contributed by atoms with van der Waals surface area (Å²) in [5.41, 5.74) is -2.48. The SMILES string of the molecule is CC(CC#N)(CC(=O)O)N=NC(C)(CC#N)CC(=O)O. The van der Waals surface area contributed by atoms with Gasteiger partial charge in [0.2, 0.25) is 0 Å². The molecular weight excluding hydrogens is 264 g/mol. The zero-order valence-electron chi connectivity index (χ0n) is 11.3. The number of hydrogen-bond donors (Lipinski definition) is 2. The standard InChI is InChI=1S/C12H16N4O4/c1-11(3-5-13,7-9(17)18)15-16-12(2,4-6-14)8-10(19)20/h3-4,7-8H2,1-2H3,(H,17,18)(H,19,20). The Labute approximate surface area is 116 Å². The van der Waals surface area contributed by atoms with Crippen molar-refractivity contribution in [2.75, 3.05) is 0 Å². The van der Waals surface area contributed by atoms with Crippen molar-refractivity contribution in [3.63, 3.8) is 0 Å². The number of carbonyl (C=O) groups is 2. The van der Waals surface area contributed by atoms with E-state index in [1.807, 2.05) is 12.1 Å². The molecule has 0 radical (unpaired) electrons. The lowest BCUT2D eigenvalue weighted by atomic mass is 9.94. The summed E-state index contributed by atoms with van der Waals surface area (Å²) >= 11 is 0. The molecule has 2 unspecified atom stereocenters. The molecule has 0 aliphatic rings. The van der Waals surface area contributed by atoms with Gasteiger partial charge in [0.1, 0.15) is 11.1 Å². The van der Waals surface area contributed by atoms with Crippen LogP contribution >= 0.6 is 0 Å². The van der Waals surface area contributed by atoms with Gasteiger partial charge in [0.15, 0.2) is 0 Å². The van der Waals surface area contributed by atoms with Gasteiger partial charge in [-0.2, -0.15) is 20.8 Å². The van der Waals surface area contributed by atoms with Crippen LogP contribution in [0.3, 0.4) is 0 Å². The fraction of sp³-hybridized carbons (Fsp3) is 0.667. The molecule has 2 atom stereocenters. The highest BCUT2D eigenvalue weighted by atomic mass is 16.4. The second-order valence-corrected chi connectivity index (χ2v) is 5.00. The molecule has 8 nitrogen and oxygen atoms in total. The number of azo groups is 1. The molecular formula is C12H16N4O4. The highest BCUT2D eigenvalue weighted by Crippen LogP contribution is 2.26. The molecule has 0 amide bonds. The Morgan fingerprint density at radius 3 is 1.45 bits per heavy atom. The van der Waals surface area contributed by atoms with Gasteiger partial charge in [-0.05, 0) is 13.8 Å². The molecule has 0 aliphatic carbocycles. The highest BCUT2D eigenvalue weighted by molar-refractivity contribution is 5.69. The van der Waals surface area contributed by atoms with Gasteiger partial charge in [-0.3, -0.25) is 9.59 Å². The summed E-state index contributed by atoms with van der Waals surface area (Å²) in [6.07, 6.45) is -1.14. The monoisotopic (exact) mass is 280 g/mol. The van der Waals surface area contributed by atoms with Crippen LogP contribution in [0.25, 0.3) is 0 Å². The number of hydrogen-bond acceptors (Lipinski definition) is 6. The molecule has 20 heavy (non-hydrogen) atoms. The first-order chi connectivity index (χ1) is 9.16. The summed E-state index contributed by atoms with van der Waals surface area (Å²) in [5.74, 6) is -2.27. The maximum atomic E-state index is 10.8. The van der Waals surface area contributed by atoms with Gasteiger partial charge in [0.25, 0.3) is 0 Å². The average Bonchev–Trinajstić information content (AvgIpc) is 2.25. The normalized spacial score (nSPS) is 16.6. The lowest BCUT2D eigenvalue weighted by Crippen LogP contribution is -2.29. The molecule has 0 aromatic rings. The van der Waals surface area contributed by atoms with Crippen molar-refractivity contribution in [2.45, 2.75) is 50.6 Å². The highest BCUT2D eigenvalue weighted by Gasteiger charge is 2.32. The van der Waals surface area contributed by atoms with E-state index in [0.29, 0.717) is 0 Å². The Hall–Kier alpha value is -2.48. The van der Waals surface area contributed by atoms with Crippen molar-refractivity contribution in [1.29, 1.82) is 10.5 Å². The summed E-state index contributed by atoms with van der Waals surface area (Å²) in [7, 11) is 0. The second-order valence-electron chi connectivity index (χ2n) is 5.00. The van der Waals surface area contributed by atoms with E-state index < -0.39 is 35.9 Å². The number of aliphatic carboxylic acids is 2. The molecule has 0 aromatic heterocycles. The Bertz CT molecular complexity index is 447. The fourth-order valence-electron chi connectivity index (χ4n) is 1.50. The fourth-order valence-corrected chi connectivity index (χ4v) is 1.50. The molecule has 0 bridgehead atoms. The zero-order valence-corrected chi connectivity index (χ0v) is 11.3. The topological polar surface area (TPSA) is 147 Å². The summed E-state index contributed by atoms with van der Waals surface area (Å²) in [6.45, 7) is 2.89. The Morgan fingerprint density at radius 1 is 0.950 bits per heavy atom. The Balaban J connectivity index is 5.24. The second kappa shape index (κ2) is 7.19. The van der Waals surface area contributed by atoms with Crippen LogP contribution in [0.5, 0.6) is 0 Å². The number of rotatable bonds is 8. The molecule has 0 rings (SSSR count). The third kappa shape index (κ3) is 6.45. The van der Waals surface area contributed by atoms with Gasteiger partial charge >= 0.3 is 11.9 Å². The molecule has 0 spiro atoms. The van der Waals surface area contributed by atoms with E-state index in [-0.39, 0.29) is 12.8 Å². The minimum Gasteiger partial charge on any atom is -0.481 e. The molecule has 0 saturated carbocycles. The van der Waals surface area contributed by atoms with Gasteiger partial charge in [-0.15, -0.1) is 0 Å². The van der Waals surface area contributed by atoms with E-state index in [9.17, 15) is 9.59 Å². The van der Waals surface area contributed by atoms with Crippen molar-refractivity contribution >= 4 is 11.9 Å². The molecule has 0 saturated heterocycles. The molecule has 0 aliphatic heterocycles. The van der Waals surface area contributed by atoms with Crippen LogP contribution < -0.4 is 0 Å². The Kier molecular flexibility index (Phi) is 6.30. The minimum atomic E-state index is -1.24. The first kappa shape index (κ1) is 17.5. The first-order valence-corrected chi connectivity index (χ1v) is 5.78. The maximum Gasteiger partial charge on any atom is 0.305 e. The molecule has 2 N–H and O–H groups in total. The predicted octanol–water partition coefficient (Wildman–Crippen LogP) is 1.73. The number of nitrogens with zero attached hydrogens (tertiary/aromatic N) is 4. The maximum absolute atomic E-state index is 10.8. The van der Waals surface area contributed by atoms with Crippen molar-refractivity contribution in [3.8, 4) is 12.1 Å². The first-order valence-electron chi connectivity index (χ1n) is 5.78. The van der Waals surface area contributed by atoms with Crippen LogP contribution in [-0.4, -0.2) is 33.2 Å². The zero-order chi connectivity index (χ0) is 15.8. The van der Waals surface area contributed by atoms with Crippen molar-refractivity contribution < 1.29 is 19.8 Å². The smallest absolute Gasteiger partial charge is 0.305 e. The van der Waals surface area contributed by atoms with Gasteiger partial charge in [0, 0.05) is 0 Å². The molecule has 0 aromatic carbocycles. The minimum absolute atomic E-state index is 0.168. The van der Waals surface area contributed by atoms with Crippen molar-refractivity contribution in [1.82, 2.24) is 0 Å². The number of carboxylic acid groups (broad SMARTS) is 2. The van der Waals surface area contributed by atoms with Crippen LogP contribution in [-0.2, 0) is 9.59 Å². The molecule has 0 heterocycles. The largest absolute Gasteiger partial charge is 0.481 e. The van der Waals surface area contributed by atoms with Crippen LogP contribution in [0.4, 0.5) is 0 Å². The third-order valence-electron chi connectivity index (χ3n) is 2.52. The van der Waals surface area contributed by atoms with Crippen molar-refractivity contribution in [3.05, 3.63) is 0 Å². The lowest BCUT2D eigenvalue weighted by molar-refractivity contribution is -0.139. The van der Waals surface area contributed by atoms with Gasteiger partial charge in [0.05, 0.1) is 37.8 Å². The summed E-state index contributed by atoms with van der Waals surface area (Å²) in [5, 5.41) is 42.7. The van der Waals surface area contributed by atoms with Crippen LogP contribution in [0.1, 0.15) is 39.5 Å². The van der Waals surface area contributed by atoms with E-state index in [1.54, 1.807) is 0 Å². The van der Waals surface area contributed by atoms with Crippen LogP contribution in [0.15, 0.2) is 10.2 Å². The molecule has 0 fully saturated rings. The van der Waals surface area contributed by atoms with E-state index in [0.717, 1.165) is 0 Å². The van der Waals surface area contributed by atoms with Crippen LogP contribution in [0.2, 0.25) is 0 Å². The Morgan fingerprint density at radius 2 is 1.25 bits per heavy atom. The van der Waals surface area contributed by atoms with E-state index >= 15 is 0 Å².